The van der Waals surface area contributed by atoms with Gasteiger partial charge in [-0.3, -0.25) is 0 Å². The number of hydrogen-bond donors (Lipinski definition) is 1. The van der Waals surface area contributed by atoms with Gasteiger partial charge in [0, 0.05) is 0 Å². The van der Waals surface area contributed by atoms with Gasteiger partial charge in [0.1, 0.15) is 0 Å². The van der Waals surface area contributed by atoms with Crippen LogP contribution in [0.5, 0.6) is 0 Å². The summed E-state index contributed by atoms with van der Waals surface area (Å²) in [6.45, 7) is 4.47. The molecule has 1 heteroatoms. The highest BCUT2D eigenvalue weighted by atomic mass is 14.6. The lowest BCUT2D eigenvalue weighted by molar-refractivity contribution is -0.421. The molecule has 1 atom stereocenters. The number of quaternary nitrogens is 1. The second kappa shape index (κ2) is 7.07. The molecule has 0 amide bonds. The third kappa shape index (κ3) is 6.09. The van der Waals surface area contributed by atoms with Crippen molar-refractivity contribution in [3.8, 4) is 0 Å². The van der Waals surface area contributed by atoms with Crippen molar-refractivity contribution in [1.82, 2.24) is 0 Å². The molecule has 0 spiro atoms. The maximum absolute atomic E-state index is 4.05. The highest BCUT2D eigenvalue weighted by molar-refractivity contribution is 4.50. The molecule has 0 heterocycles. The topological polar surface area (TPSA) is 27.6 Å². The van der Waals surface area contributed by atoms with Crippen LogP contribution in [0.3, 0.4) is 0 Å². The van der Waals surface area contributed by atoms with Crippen molar-refractivity contribution in [2.24, 2.45) is 0 Å². The lowest BCUT2D eigenvalue weighted by Gasteiger charge is -2.03. The van der Waals surface area contributed by atoms with Crippen LogP contribution >= 0.6 is 0 Å². The molecule has 0 aromatic heterocycles. The van der Waals surface area contributed by atoms with Crippen LogP contribution in [0.15, 0.2) is 0 Å². The van der Waals surface area contributed by atoms with Crippen molar-refractivity contribution < 1.29 is 5.73 Å². The molecule has 62 valence electrons. The highest BCUT2D eigenvalue weighted by Crippen LogP contribution is 2.04. The number of hydrogen-bond acceptors (Lipinski definition) is 0. The fourth-order valence-electron chi connectivity index (χ4n) is 1.06. The standard InChI is InChI=1S/C9H21N/c1-3-5-6-7-8-9(10)4-2/h9H,3-8,10H2,1-2H3/p+1/t9-/m1/s1. The Labute approximate surface area is 65.0 Å². The largest absolute Gasteiger partial charge is 0.355 e. The van der Waals surface area contributed by atoms with E-state index < -0.39 is 0 Å². The number of unbranched alkanes of at least 4 members (excludes halogenated alkanes) is 3. The Morgan fingerprint density at radius 2 is 1.80 bits per heavy atom. The van der Waals surface area contributed by atoms with Crippen molar-refractivity contribution in [3.05, 3.63) is 0 Å². The molecule has 0 aliphatic heterocycles. The fraction of sp³-hybridized carbons (Fsp3) is 1.00. The van der Waals surface area contributed by atoms with Crippen LogP contribution in [0.2, 0.25) is 0 Å². The Balaban J connectivity index is 2.89. The maximum Gasteiger partial charge on any atom is 0.0840 e. The Hall–Kier alpha value is -0.0400. The molecule has 0 unspecified atom stereocenters. The summed E-state index contributed by atoms with van der Waals surface area (Å²) in [5.41, 5.74) is 4.05. The first-order chi connectivity index (χ1) is 4.81. The van der Waals surface area contributed by atoms with E-state index in [9.17, 15) is 0 Å². The zero-order chi connectivity index (χ0) is 7.82. The van der Waals surface area contributed by atoms with E-state index in [4.69, 9.17) is 0 Å². The van der Waals surface area contributed by atoms with Crippen LogP contribution in [-0.2, 0) is 0 Å². The zero-order valence-corrected chi connectivity index (χ0v) is 7.53. The molecular formula is C9H22N+. The SMILES string of the molecule is CCCCCC[C@H]([NH3+])CC. The molecule has 0 aromatic rings. The van der Waals surface area contributed by atoms with E-state index >= 15 is 0 Å². The van der Waals surface area contributed by atoms with E-state index in [0.717, 1.165) is 0 Å². The van der Waals surface area contributed by atoms with Crippen LogP contribution < -0.4 is 5.73 Å². The summed E-state index contributed by atoms with van der Waals surface area (Å²) in [4.78, 5) is 0. The van der Waals surface area contributed by atoms with Gasteiger partial charge in [-0.1, -0.05) is 33.1 Å². The average molecular weight is 144 g/mol. The van der Waals surface area contributed by atoms with Crippen molar-refractivity contribution in [1.29, 1.82) is 0 Å². The van der Waals surface area contributed by atoms with Crippen molar-refractivity contribution in [2.45, 2.75) is 58.4 Å². The lowest BCUT2D eigenvalue weighted by atomic mass is 10.1. The van der Waals surface area contributed by atoms with Crippen LogP contribution in [-0.4, -0.2) is 6.04 Å². The summed E-state index contributed by atoms with van der Waals surface area (Å²) in [7, 11) is 0. The van der Waals surface area contributed by atoms with E-state index in [1.807, 2.05) is 0 Å². The van der Waals surface area contributed by atoms with Crippen molar-refractivity contribution in [2.75, 3.05) is 0 Å². The van der Waals surface area contributed by atoms with Gasteiger partial charge in [-0.15, -0.1) is 0 Å². The van der Waals surface area contributed by atoms with E-state index in [1.165, 1.54) is 38.5 Å². The van der Waals surface area contributed by atoms with E-state index in [-0.39, 0.29) is 0 Å². The van der Waals surface area contributed by atoms with Gasteiger partial charge in [0.15, 0.2) is 0 Å². The Bertz CT molecular complexity index is 61.7. The van der Waals surface area contributed by atoms with Crippen LogP contribution in [0.4, 0.5) is 0 Å². The first kappa shape index (κ1) is 9.96. The van der Waals surface area contributed by atoms with E-state index in [2.05, 4.69) is 19.6 Å². The maximum atomic E-state index is 4.05. The van der Waals surface area contributed by atoms with Gasteiger partial charge in [0.25, 0.3) is 0 Å². The predicted molar refractivity (Wildman–Crippen MR) is 45.7 cm³/mol. The Morgan fingerprint density at radius 1 is 1.10 bits per heavy atom. The van der Waals surface area contributed by atoms with Gasteiger partial charge in [-0.25, -0.2) is 0 Å². The summed E-state index contributed by atoms with van der Waals surface area (Å²) in [6, 6.07) is 0.705. The Kier molecular flexibility index (Phi) is 7.04. The van der Waals surface area contributed by atoms with Gasteiger partial charge in [0.2, 0.25) is 0 Å². The summed E-state index contributed by atoms with van der Waals surface area (Å²) in [5.74, 6) is 0. The molecule has 0 radical (unpaired) electrons. The molecule has 0 bridgehead atoms. The first-order valence-corrected chi connectivity index (χ1v) is 4.64. The molecule has 0 fully saturated rings. The predicted octanol–water partition coefficient (Wildman–Crippen LogP) is 1.98. The van der Waals surface area contributed by atoms with Crippen molar-refractivity contribution in [3.63, 3.8) is 0 Å². The third-order valence-corrected chi connectivity index (χ3v) is 2.04. The minimum absolute atomic E-state index is 0.705. The molecule has 0 aliphatic carbocycles. The molecule has 0 rings (SSSR count). The molecule has 0 aliphatic rings. The Morgan fingerprint density at radius 3 is 2.30 bits per heavy atom. The van der Waals surface area contributed by atoms with Gasteiger partial charge < -0.3 is 5.73 Å². The molecule has 0 saturated carbocycles. The van der Waals surface area contributed by atoms with Gasteiger partial charge >= 0.3 is 0 Å². The molecule has 0 aromatic carbocycles. The van der Waals surface area contributed by atoms with E-state index in [0.29, 0.717) is 6.04 Å². The highest BCUT2D eigenvalue weighted by Gasteiger charge is 2.00. The van der Waals surface area contributed by atoms with Gasteiger partial charge in [-0.05, 0) is 19.3 Å². The fourth-order valence-corrected chi connectivity index (χ4v) is 1.06. The third-order valence-electron chi connectivity index (χ3n) is 2.04. The lowest BCUT2D eigenvalue weighted by Crippen LogP contribution is -2.60. The van der Waals surface area contributed by atoms with Crippen LogP contribution in [0.1, 0.15) is 52.4 Å². The van der Waals surface area contributed by atoms with Crippen LogP contribution in [0.25, 0.3) is 0 Å². The quantitative estimate of drug-likeness (QED) is 0.552. The summed E-state index contributed by atoms with van der Waals surface area (Å²) in [6.07, 6.45) is 8.10. The summed E-state index contributed by atoms with van der Waals surface area (Å²) >= 11 is 0. The minimum atomic E-state index is 0.705. The monoisotopic (exact) mass is 144 g/mol. The van der Waals surface area contributed by atoms with Gasteiger partial charge in [-0.2, -0.15) is 0 Å². The summed E-state index contributed by atoms with van der Waals surface area (Å²) < 4.78 is 0. The average Bonchev–Trinajstić information content (AvgIpc) is 1.98. The second-order valence-electron chi connectivity index (χ2n) is 3.12. The molecule has 3 N–H and O–H groups in total. The normalized spacial score (nSPS) is 13.5. The molecule has 10 heavy (non-hydrogen) atoms. The molecule has 1 nitrogen and oxygen atoms in total. The smallest absolute Gasteiger partial charge is 0.0840 e. The summed E-state index contributed by atoms with van der Waals surface area (Å²) in [5, 5.41) is 0. The number of rotatable bonds is 6. The van der Waals surface area contributed by atoms with Crippen LogP contribution in [0, 0.1) is 0 Å². The first-order valence-electron chi connectivity index (χ1n) is 4.64. The van der Waals surface area contributed by atoms with Gasteiger partial charge in [0.05, 0.1) is 6.04 Å². The molecular weight excluding hydrogens is 122 g/mol. The van der Waals surface area contributed by atoms with Crippen molar-refractivity contribution >= 4 is 0 Å². The minimum Gasteiger partial charge on any atom is -0.355 e. The second-order valence-corrected chi connectivity index (χ2v) is 3.12. The van der Waals surface area contributed by atoms with E-state index in [1.54, 1.807) is 0 Å². The zero-order valence-electron chi connectivity index (χ0n) is 7.53. The molecule has 0 saturated heterocycles.